The van der Waals surface area contributed by atoms with E-state index in [1.54, 1.807) is 23.5 Å². The zero-order valence-corrected chi connectivity index (χ0v) is 13.5. The summed E-state index contributed by atoms with van der Waals surface area (Å²) in [5.41, 5.74) is 6.63. The van der Waals surface area contributed by atoms with Crippen LogP contribution in [0.3, 0.4) is 0 Å². The fraction of sp³-hybridized carbons (Fsp3) is 0.267. The van der Waals surface area contributed by atoms with Gasteiger partial charge in [0.15, 0.2) is 0 Å². The lowest BCUT2D eigenvalue weighted by atomic mass is 10.1. The largest absolute Gasteiger partial charge is 0.397 e. The lowest BCUT2D eigenvalue weighted by molar-refractivity contribution is 0.0738. The van der Waals surface area contributed by atoms with Crippen molar-refractivity contribution in [2.75, 3.05) is 12.3 Å². The number of hydrogen-bond acceptors (Lipinski definition) is 3. The van der Waals surface area contributed by atoms with Gasteiger partial charge in [0.2, 0.25) is 0 Å². The first kappa shape index (κ1) is 14.7. The molecule has 1 unspecified atom stereocenters. The number of anilines is 1. The molecule has 0 saturated carbocycles. The van der Waals surface area contributed by atoms with Crippen LogP contribution in [0.2, 0.25) is 10.0 Å². The highest BCUT2D eigenvalue weighted by Gasteiger charge is 2.31. The molecule has 21 heavy (non-hydrogen) atoms. The first-order chi connectivity index (χ1) is 10.1. The number of benzene rings is 1. The summed E-state index contributed by atoms with van der Waals surface area (Å²) in [5, 5.41) is 2.64. The minimum absolute atomic E-state index is 0.0452. The van der Waals surface area contributed by atoms with E-state index in [9.17, 15) is 4.79 Å². The van der Waals surface area contributed by atoms with Gasteiger partial charge in [0.1, 0.15) is 0 Å². The molecule has 0 bridgehead atoms. The molecule has 1 fully saturated rings. The van der Waals surface area contributed by atoms with Gasteiger partial charge in [-0.1, -0.05) is 29.3 Å². The van der Waals surface area contributed by atoms with E-state index in [0.717, 1.165) is 19.4 Å². The predicted molar refractivity (Wildman–Crippen MR) is 88.2 cm³/mol. The zero-order valence-electron chi connectivity index (χ0n) is 11.2. The monoisotopic (exact) mass is 340 g/mol. The Kier molecular flexibility index (Phi) is 4.11. The molecular weight excluding hydrogens is 327 g/mol. The smallest absolute Gasteiger partial charge is 0.254 e. The fourth-order valence-corrected chi connectivity index (χ4v) is 3.90. The Balaban J connectivity index is 1.91. The van der Waals surface area contributed by atoms with Crippen LogP contribution < -0.4 is 5.73 Å². The van der Waals surface area contributed by atoms with Gasteiger partial charge in [0.25, 0.3) is 5.91 Å². The van der Waals surface area contributed by atoms with Crippen LogP contribution in [0.15, 0.2) is 29.6 Å². The summed E-state index contributed by atoms with van der Waals surface area (Å²) in [6.45, 7) is 0.752. The van der Waals surface area contributed by atoms with Gasteiger partial charge >= 0.3 is 0 Å². The molecule has 6 heteroatoms. The van der Waals surface area contributed by atoms with Crippen LogP contribution in [-0.2, 0) is 0 Å². The fourth-order valence-electron chi connectivity index (χ4n) is 2.69. The van der Waals surface area contributed by atoms with Gasteiger partial charge in [-0.2, -0.15) is 0 Å². The van der Waals surface area contributed by atoms with Crippen molar-refractivity contribution in [1.82, 2.24) is 4.90 Å². The van der Waals surface area contributed by atoms with Crippen LogP contribution in [-0.4, -0.2) is 17.4 Å². The number of carbonyl (C=O) groups excluding carboxylic acids is 1. The van der Waals surface area contributed by atoms with Crippen molar-refractivity contribution < 1.29 is 4.79 Å². The van der Waals surface area contributed by atoms with Gasteiger partial charge in [0, 0.05) is 17.0 Å². The summed E-state index contributed by atoms with van der Waals surface area (Å²) >= 11 is 13.6. The standard InChI is InChI=1S/C15H14Cl2N2OS/c16-10-7-9(8-11(18)14(10)17)15(20)19-5-1-3-12(19)13-4-2-6-21-13/h2,4,6-8,12H,1,3,5,18H2. The number of nitrogens with two attached hydrogens (primary N) is 1. The molecule has 2 heterocycles. The quantitative estimate of drug-likeness (QED) is 0.811. The first-order valence-electron chi connectivity index (χ1n) is 6.67. The number of rotatable bonds is 2. The van der Waals surface area contributed by atoms with Crippen molar-refractivity contribution in [3.63, 3.8) is 0 Å². The normalized spacial score (nSPS) is 18.2. The van der Waals surface area contributed by atoms with Crippen molar-refractivity contribution in [3.8, 4) is 0 Å². The summed E-state index contributed by atoms with van der Waals surface area (Å²) in [6.07, 6.45) is 1.99. The van der Waals surface area contributed by atoms with E-state index in [-0.39, 0.29) is 11.9 Å². The average Bonchev–Trinajstić information content (AvgIpc) is 3.13. The number of nitrogen functional groups attached to an aromatic ring is 1. The number of nitrogens with zero attached hydrogens (tertiary/aromatic N) is 1. The molecule has 2 N–H and O–H groups in total. The molecule has 1 aromatic carbocycles. The second kappa shape index (κ2) is 5.87. The summed E-state index contributed by atoms with van der Waals surface area (Å²) in [5.74, 6) is -0.0452. The molecule has 1 amide bonds. The summed E-state index contributed by atoms with van der Waals surface area (Å²) < 4.78 is 0. The highest BCUT2D eigenvalue weighted by molar-refractivity contribution is 7.10. The number of thiophene rings is 1. The number of likely N-dealkylation sites (tertiary alicyclic amines) is 1. The van der Waals surface area contributed by atoms with Crippen molar-refractivity contribution in [2.24, 2.45) is 0 Å². The van der Waals surface area contributed by atoms with Crippen LogP contribution in [0.1, 0.15) is 34.1 Å². The predicted octanol–water partition coefficient (Wildman–Crippen LogP) is 4.61. The topological polar surface area (TPSA) is 46.3 Å². The summed E-state index contributed by atoms with van der Waals surface area (Å²) in [7, 11) is 0. The third kappa shape index (κ3) is 2.76. The van der Waals surface area contributed by atoms with E-state index >= 15 is 0 Å². The Morgan fingerprint density at radius 2 is 2.19 bits per heavy atom. The SMILES string of the molecule is Nc1cc(C(=O)N2CCCC2c2cccs2)cc(Cl)c1Cl. The highest BCUT2D eigenvalue weighted by atomic mass is 35.5. The van der Waals surface area contributed by atoms with Crippen molar-refractivity contribution in [2.45, 2.75) is 18.9 Å². The van der Waals surface area contributed by atoms with Crippen LogP contribution in [0.25, 0.3) is 0 Å². The van der Waals surface area contributed by atoms with Crippen LogP contribution in [0.4, 0.5) is 5.69 Å². The second-order valence-electron chi connectivity index (χ2n) is 5.03. The molecule has 110 valence electrons. The van der Waals surface area contributed by atoms with Crippen LogP contribution >= 0.6 is 34.5 Å². The van der Waals surface area contributed by atoms with Gasteiger partial charge in [0.05, 0.1) is 21.8 Å². The maximum Gasteiger partial charge on any atom is 0.254 e. The molecular formula is C15H14Cl2N2OS. The van der Waals surface area contributed by atoms with Gasteiger partial charge in [-0.25, -0.2) is 0 Å². The summed E-state index contributed by atoms with van der Waals surface area (Å²) in [4.78, 5) is 15.9. The molecule has 0 aliphatic carbocycles. The van der Waals surface area contributed by atoms with Gasteiger partial charge in [-0.05, 0) is 36.4 Å². The minimum Gasteiger partial charge on any atom is -0.397 e. The number of amides is 1. The second-order valence-corrected chi connectivity index (χ2v) is 6.80. The summed E-state index contributed by atoms with van der Waals surface area (Å²) in [6, 6.07) is 7.42. The van der Waals surface area contributed by atoms with E-state index in [4.69, 9.17) is 28.9 Å². The van der Waals surface area contributed by atoms with Crippen molar-refractivity contribution in [1.29, 1.82) is 0 Å². The maximum absolute atomic E-state index is 12.7. The van der Waals surface area contributed by atoms with E-state index in [2.05, 4.69) is 6.07 Å². The lowest BCUT2D eigenvalue weighted by Crippen LogP contribution is -2.30. The third-order valence-corrected chi connectivity index (χ3v) is 5.48. The Hall–Kier alpha value is -1.23. The molecule has 1 saturated heterocycles. The molecule has 3 nitrogen and oxygen atoms in total. The molecule has 1 atom stereocenters. The molecule has 0 spiro atoms. The average molecular weight is 341 g/mol. The van der Waals surface area contributed by atoms with Gasteiger partial charge < -0.3 is 10.6 Å². The number of halogens is 2. The van der Waals surface area contributed by atoms with E-state index in [1.165, 1.54) is 4.88 Å². The van der Waals surface area contributed by atoms with E-state index in [0.29, 0.717) is 21.3 Å². The van der Waals surface area contributed by atoms with Gasteiger partial charge in [-0.3, -0.25) is 4.79 Å². The van der Waals surface area contributed by atoms with Crippen LogP contribution in [0, 0.1) is 0 Å². The number of hydrogen-bond donors (Lipinski definition) is 1. The molecule has 0 radical (unpaired) electrons. The van der Waals surface area contributed by atoms with E-state index in [1.807, 2.05) is 16.3 Å². The number of carbonyl (C=O) groups is 1. The first-order valence-corrected chi connectivity index (χ1v) is 8.30. The third-order valence-electron chi connectivity index (χ3n) is 3.69. The Morgan fingerprint density at radius 1 is 1.38 bits per heavy atom. The van der Waals surface area contributed by atoms with E-state index < -0.39 is 0 Å². The Bertz CT molecular complexity index is 649. The molecule has 3 rings (SSSR count). The Labute approximate surface area is 137 Å². The van der Waals surface area contributed by atoms with Crippen LogP contribution in [0.5, 0.6) is 0 Å². The molecule has 1 aliphatic rings. The van der Waals surface area contributed by atoms with Crippen molar-refractivity contribution in [3.05, 3.63) is 50.1 Å². The zero-order chi connectivity index (χ0) is 15.0. The molecule has 1 aromatic heterocycles. The highest BCUT2D eigenvalue weighted by Crippen LogP contribution is 2.37. The maximum atomic E-state index is 12.7. The minimum atomic E-state index is -0.0452. The van der Waals surface area contributed by atoms with Gasteiger partial charge in [-0.15, -0.1) is 11.3 Å². The Morgan fingerprint density at radius 3 is 2.86 bits per heavy atom. The molecule has 2 aromatic rings. The molecule has 1 aliphatic heterocycles. The lowest BCUT2D eigenvalue weighted by Gasteiger charge is -2.24. The van der Waals surface area contributed by atoms with Crippen molar-refractivity contribution >= 4 is 46.1 Å².